The molecule has 108 valence electrons. The summed E-state index contributed by atoms with van der Waals surface area (Å²) in [7, 11) is 0. The lowest BCUT2D eigenvalue weighted by Crippen LogP contribution is -2.15. The number of unbranched alkanes of at least 4 members (excludes halogenated alkanes) is 3. The van der Waals surface area contributed by atoms with Crippen LogP contribution in [0, 0.1) is 0 Å². The number of anilines is 1. The second kappa shape index (κ2) is 9.71. The number of benzene rings is 1. The Morgan fingerprint density at radius 3 is 2.58 bits per heavy atom. The molecule has 1 atom stereocenters. The molecular weight excluding hydrogens is 234 g/mol. The maximum absolute atomic E-state index is 5.77. The lowest BCUT2D eigenvalue weighted by atomic mass is 10.1. The third-order valence-corrected chi connectivity index (χ3v) is 3.24. The molecule has 2 heteroatoms. The van der Waals surface area contributed by atoms with Crippen LogP contribution < -0.4 is 10.1 Å². The van der Waals surface area contributed by atoms with Crippen molar-refractivity contribution in [2.24, 2.45) is 0 Å². The first-order valence-corrected chi connectivity index (χ1v) is 7.76. The molecule has 1 unspecified atom stereocenters. The minimum absolute atomic E-state index is 0.503. The van der Waals surface area contributed by atoms with E-state index in [1.54, 1.807) is 0 Å². The highest BCUT2D eigenvalue weighted by atomic mass is 16.5. The van der Waals surface area contributed by atoms with E-state index in [-0.39, 0.29) is 0 Å². The van der Waals surface area contributed by atoms with Gasteiger partial charge in [0.15, 0.2) is 0 Å². The predicted octanol–water partition coefficient (Wildman–Crippen LogP) is 5.25. The number of hydrogen-bond donors (Lipinski definition) is 1. The van der Waals surface area contributed by atoms with Gasteiger partial charge < -0.3 is 10.1 Å². The summed E-state index contributed by atoms with van der Waals surface area (Å²) >= 11 is 0. The van der Waals surface area contributed by atoms with Crippen molar-refractivity contribution in [3.8, 4) is 5.75 Å². The summed E-state index contributed by atoms with van der Waals surface area (Å²) in [5, 5.41) is 3.57. The SMILES string of the molecule is CCCCCCC(C)Nc1ccccc1OCCC. The Hall–Kier alpha value is -1.18. The van der Waals surface area contributed by atoms with Gasteiger partial charge in [0.2, 0.25) is 0 Å². The molecule has 1 rings (SSSR count). The van der Waals surface area contributed by atoms with Crippen LogP contribution >= 0.6 is 0 Å². The van der Waals surface area contributed by atoms with E-state index in [2.05, 4.69) is 38.2 Å². The van der Waals surface area contributed by atoms with E-state index in [9.17, 15) is 0 Å². The van der Waals surface area contributed by atoms with Gasteiger partial charge in [-0.2, -0.15) is 0 Å². The molecule has 0 aliphatic heterocycles. The van der Waals surface area contributed by atoms with E-state index in [1.807, 2.05) is 12.1 Å². The number of hydrogen-bond acceptors (Lipinski definition) is 2. The van der Waals surface area contributed by atoms with E-state index < -0.39 is 0 Å². The molecule has 0 aliphatic rings. The van der Waals surface area contributed by atoms with Crippen molar-refractivity contribution in [2.45, 2.75) is 65.3 Å². The molecule has 0 aliphatic carbocycles. The number of para-hydroxylation sites is 2. The molecule has 0 fully saturated rings. The fraction of sp³-hybridized carbons (Fsp3) is 0.647. The lowest BCUT2D eigenvalue weighted by molar-refractivity contribution is 0.318. The summed E-state index contributed by atoms with van der Waals surface area (Å²) in [6.07, 6.45) is 7.57. The minimum atomic E-state index is 0.503. The predicted molar refractivity (Wildman–Crippen MR) is 84.1 cm³/mol. The van der Waals surface area contributed by atoms with E-state index in [1.165, 1.54) is 32.1 Å². The van der Waals surface area contributed by atoms with Crippen molar-refractivity contribution in [3.05, 3.63) is 24.3 Å². The quantitative estimate of drug-likeness (QED) is 0.582. The molecule has 1 N–H and O–H groups in total. The summed E-state index contributed by atoms with van der Waals surface area (Å²) < 4.78 is 5.77. The molecule has 1 aromatic carbocycles. The largest absolute Gasteiger partial charge is 0.491 e. The highest BCUT2D eigenvalue weighted by molar-refractivity contribution is 5.56. The second-order valence-corrected chi connectivity index (χ2v) is 5.24. The van der Waals surface area contributed by atoms with Crippen molar-refractivity contribution in [2.75, 3.05) is 11.9 Å². The number of nitrogens with one attached hydrogen (secondary N) is 1. The third-order valence-electron chi connectivity index (χ3n) is 3.24. The summed E-state index contributed by atoms with van der Waals surface area (Å²) in [5.74, 6) is 0.977. The molecule has 0 saturated carbocycles. The zero-order chi connectivity index (χ0) is 13.9. The molecule has 1 aromatic rings. The van der Waals surface area contributed by atoms with Gasteiger partial charge in [0.1, 0.15) is 5.75 Å². The van der Waals surface area contributed by atoms with Crippen molar-refractivity contribution >= 4 is 5.69 Å². The molecule has 0 amide bonds. The van der Waals surface area contributed by atoms with Crippen LogP contribution in [0.15, 0.2) is 24.3 Å². The van der Waals surface area contributed by atoms with Gasteiger partial charge in [-0.3, -0.25) is 0 Å². The summed E-state index contributed by atoms with van der Waals surface area (Å²) in [6, 6.07) is 8.74. The van der Waals surface area contributed by atoms with Gasteiger partial charge in [0, 0.05) is 6.04 Å². The van der Waals surface area contributed by atoms with Gasteiger partial charge in [-0.1, -0.05) is 51.7 Å². The number of rotatable bonds is 10. The van der Waals surface area contributed by atoms with Gasteiger partial charge in [-0.15, -0.1) is 0 Å². The molecule has 0 spiro atoms. The molecular formula is C17H29NO. The van der Waals surface area contributed by atoms with Crippen LogP contribution in [-0.2, 0) is 0 Å². The van der Waals surface area contributed by atoms with Crippen molar-refractivity contribution in [1.29, 1.82) is 0 Å². The average molecular weight is 263 g/mol. The Morgan fingerprint density at radius 2 is 1.84 bits per heavy atom. The Bertz CT molecular complexity index is 338. The van der Waals surface area contributed by atoms with E-state index in [4.69, 9.17) is 4.74 Å². The van der Waals surface area contributed by atoms with Gasteiger partial charge in [-0.05, 0) is 31.9 Å². The van der Waals surface area contributed by atoms with E-state index in [0.717, 1.165) is 24.5 Å². The normalized spacial score (nSPS) is 12.2. The van der Waals surface area contributed by atoms with Crippen LogP contribution in [-0.4, -0.2) is 12.6 Å². The van der Waals surface area contributed by atoms with E-state index >= 15 is 0 Å². The van der Waals surface area contributed by atoms with E-state index in [0.29, 0.717) is 6.04 Å². The first-order valence-electron chi connectivity index (χ1n) is 7.76. The third kappa shape index (κ3) is 6.51. The fourth-order valence-electron chi connectivity index (χ4n) is 2.14. The minimum Gasteiger partial charge on any atom is -0.491 e. The monoisotopic (exact) mass is 263 g/mol. The van der Waals surface area contributed by atoms with Crippen LogP contribution in [0.1, 0.15) is 59.3 Å². The van der Waals surface area contributed by atoms with Crippen LogP contribution in [0.5, 0.6) is 5.75 Å². The first kappa shape index (κ1) is 15.9. The molecule has 2 nitrogen and oxygen atoms in total. The zero-order valence-corrected chi connectivity index (χ0v) is 12.7. The van der Waals surface area contributed by atoms with Gasteiger partial charge >= 0.3 is 0 Å². The van der Waals surface area contributed by atoms with Crippen molar-refractivity contribution in [1.82, 2.24) is 0 Å². The Labute approximate surface area is 118 Å². The summed E-state index contributed by atoms with van der Waals surface area (Å²) in [5.41, 5.74) is 1.12. The van der Waals surface area contributed by atoms with Gasteiger partial charge in [-0.25, -0.2) is 0 Å². The maximum atomic E-state index is 5.77. The van der Waals surface area contributed by atoms with Crippen molar-refractivity contribution < 1.29 is 4.74 Å². The number of ether oxygens (including phenoxy) is 1. The highest BCUT2D eigenvalue weighted by Crippen LogP contribution is 2.25. The van der Waals surface area contributed by atoms with Crippen LogP contribution in [0.2, 0.25) is 0 Å². The molecule has 0 aromatic heterocycles. The summed E-state index contributed by atoms with van der Waals surface area (Å²) in [4.78, 5) is 0. The first-order chi connectivity index (χ1) is 9.27. The van der Waals surface area contributed by atoms with Gasteiger partial charge in [0.25, 0.3) is 0 Å². The standard InChI is InChI=1S/C17H29NO/c1-4-6-7-8-11-15(3)18-16-12-9-10-13-17(16)19-14-5-2/h9-10,12-13,15,18H,4-8,11,14H2,1-3H3. The highest BCUT2D eigenvalue weighted by Gasteiger charge is 2.06. The van der Waals surface area contributed by atoms with Crippen LogP contribution in [0.25, 0.3) is 0 Å². The second-order valence-electron chi connectivity index (χ2n) is 5.24. The smallest absolute Gasteiger partial charge is 0.142 e. The Balaban J connectivity index is 2.41. The maximum Gasteiger partial charge on any atom is 0.142 e. The van der Waals surface area contributed by atoms with Crippen molar-refractivity contribution in [3.63, 3.8) is 0 Å². The molecule has 0 saturated heterocycles. The molecule has 0 heterocycles. The van der Waals surface area contributed by atoms with Gasteiger partial charge in [0.05, 0.1) is 12.3 Å². The fourth-order valence-corrected chi connectivity index (χ4v) is 2.14. The van der Waals surface area contributed by atoms with Crippen LogP contribution in [0.4, 0.5) is 5.69 Å². The Kier molecular flexibility index (Phi) is 8.11. The zero-order valence-electron chi connectivity index (χ0n) is 12.7. The molecule has 19 heavy (non-hydrogen) atoms. The van der Waals surface area contributed by atoms with Crippen LogP contribution in [0.3, 0.4) is 0 Å². The molecule has 0 bridgehead atoms. The average Bonchev–Trinajstić information content (AvgIpc) is 2.43. The lowest BCUT2D eigenvalue weighted by Gasteiger charge is -2.18. The summed E-state index contributed by atoms with van der Waals surface area (Å²) in [6.45, 7) is 7.42. The molecule has 0 radical (unpaired) electrons. The Morgan fingerprint density at radius 1 is 1.05 bits per heavy atom. The topological polar surface area (TPSA) is 21.3 Å².